The van der Waals surface area contributed by atoms with Gasteiger partial charge < -0.3 is 10.2 Å². The lowest BCUT2D eigenvalue weighted by molar-refractivity contribution is -0.130. The van der Waals surface area contributed by atoms with Gasteiger partial charge in [0.25, 0.3) is 0 Å². The van der Waals surface area contributed by atoms with Gasteiger partial charge in [-0.15, -0.1) is 0 Å². The molecule has 98 valence electrons. The topological polar surface area (TPSA) is 32.3 Å². The largest absolute Gasteiger partial charge is 0.339 e. The standard InChI is InChI=1S/C14H19BrN2O/c1-2-17(13-6-7-13)14(18)10-16-9-11-4-3-5-12(15)8-11/h3-5,8,13,16H,2,6-7,9-10H2,1H3. The number of halogens is 1. The Balaban J connectivity index is 1.76. The maximum atomic E-state index is 12.0. The third kappa shape index (κ3) is 3.82. The molecule has 1 aliphatic rings. The van der Waals surface area contributed by atoms with E-state index in [2.05, 4.69) is 33.4 Å². The van der Waals surface area contributed by atoms with E-state index in [1.165, 1.54) is 18.4 Å². The average molecular weight is 311 g/mol. The van der Waals surface area contributed by atoms with Gasteiger partial charge in [-0.3, -0.25) is 4.79 Å². The lowest BCUT2D eigenvalue weighted by Crippen LogP contribution is -2.39. The van der Waals surface area contributed by atoms with E-state index in [-0.39, 0.29) is 5.91 Å². The summed E-state index contributed by atoms with van der Waals surface area (Å²) in [5, 5.41) is 3.21. The Morgan fingerprint density at radius 1 is 1.50 bits per heavy atom. The Hall–Kier alpha value is -0.870. The van der Waals surface area contributed by atoms with Gasteiger partial charge in [0.15, 0.2) is 0 Å². The van der Waals surface area contributed by atoms with Crippen molar-refractivity contribution >= 4 is 21.8 Å². The third-order valence-corrected chi connectivity index (χ3v) is 3.64. The second-order valence-electron chi connectivity index (χ2n) is 4.64. The van der Waals surface area contributed by atoms with E-state index in [9.17, 15) is 4.79 Å². The van der Waals surface area contributed by atoms with Crippen LogP contribution in [0.4, 0.5) is 0 Å². The fraction of sp³-hybridized carbons (Fsp3) is 0.500. The molecule has 0 atom stereocenters. The molecule has 1 aromatic rings. The Morgan fingerprint density at radius 2 is 2.28 bits per heavy atom. The molecule has 0 spiro atoms. The van der Waals surface area contributed by atoms with Crippen LogP contribution in [-0.2, 0) is 11.3 Å². The summed E-state index contributed by atoms with van der Waals surface area (Å²) in [6.45, 7) is 4.02. The minimum Gasteiger partial charge on any atom is -0.339 e. The molecule has 0 heterocycles. The highest BCUT2D eigenvalue weighted by molar-refractivity contribution is 9.10. The fourth-order valence-corrected chi connectivity index (χ4v) is 2.53. The van der Waals surface area contributed by atoms with E-state index in [0.29, 0.717) is 12.6 Å². The molecule has 0 aliphatic heterocycles. The van der Waals surface area contributed by atoms with Crippen LogP contribution >= 0.6 is 15.9 Å². The molecule has 1 aromatic carbocycles. The van der Waals surface area contributed by atoms with Crippen molar-refractivity contribution in [2.24, 2.45) is 0 Å². The lowest BCUT2D eigenvalue weighted by atomic mass is 10.2. The Morgan fingerprint density at radius 3 is 2.89 bits per heavy atom. The van der Waals surface area contributed by atoms with E-state index in [0.717, 1.165) is 17.6 Å². The van der Waals surface area contributed by atoms with Gasteiger partial charge in [-0.1, -0.05) is 28.1 Å². The van der Waals surface area contributed by atoms with Crippen LogP contribution in [0.25, 0.3) is 0 Å². The Kier molecular flexibility index (Phi) is 4.78. The molecule has 3 nitrogen and oxygen atoms in total. The summed E-state index contributed by atoms with van der Waals surface area (Å²) in [5.41, 5.74) is 1.19. The molecule has 1 saturated carbocycles. The number of carbonyl (C=O) groups excluding carboxylic acids is 1. The molecule has 0 aromatic heterocycles. The maximum absolute atomic E-state index is 12.0. The van der Waals surface area contributed by atoms with E-state index >= 15 is 0 Å². The Labute approximate surface area is 117 Å². The van der Waals surface area contributed by atoms with Crippen molar-refractivity contribution in [1.29, 1.82) is 0 Å². The summed E-state index contributed by atoms with van der Waals surface area (Å²) in [4.78, 5) is 13.9. The van der Waals surface area contributed by atoms with Crippen LogP contribution in [0.1, 0.15) is 25.3 Å². The van der Waals surface area contributed by atoms with Gasteiger partial charge in [-0.25, -0.2) is 0 Å². The van der Waals surface area contributed by atoms with Crippen LogP contribution in [0.2, 0.25) is 0 Å². The molecule has 0 saturated heterocycles. The van der Waals surface area contributed by atoms with Gasteiger partial charge in [0.05, 0.1) is 6.54 Å². The quantitative estimate of drug-likeness (QED) is 0.876. The van der Waals surface area contributed by atoms with E-state index in [4.69, 9.17) is 0 Å². The van der Waals surface area contributed by atoms with Crippen molar-refractivity contribution in [2.75, 3.05) is 13.1 Å². The normalized spacial score (nSPS) is 14.6. The molecule has 0 unspecified atom stereocenters. The average Bonchev–Trinajstić information content (AvgIpc) is 3.14. The van der Waals surface area contributed by atoms with Gasteiger partial charge >= 0.3 is 0 Å². The predicted octanol–water partition coefficient (Wildman–Crippen LogP) is 2.55. The predicted molar refractivity (Wildman–Crippen MR) is 76.3 cm³/mol. The van der Waals surface area contributed by atoms with Crippen molar-refractivity contribution in [3.63, 3.8) is 0 Å². The first-order valence-electron chi connectivity index (χ1n) is 6.45. The van der Waals surface area contributed by atoms with Crippen LogP contribution in [0.3, 0.4) is 0 Å². The fourth-order valence-electron chi connectivity index (χ4n) is 2.09. The number of carbonyl (C=O) groups is 1. The first kappa shape index (κ1) is 13.6. The molecule has 1 fully saturated rings. The zero-order chi connectivity index (χ0) is 13.0. The van der Waals surface area contributed by atoms with Gasteiger partial charge in [-0.2, -0.15) is 0 Å². The summed E-state index contributed by atoms with van der Waals surface area (Å²) in [5.74, 6) is 0.218. The second-order valence-corrected chi connectivity index (χ2v) is 5.56. The van der Waals surface area contributed by atoms with E-state index < -0.39 is 0 Å². The van der Waals surface area contributed by atoms with E-state index in [1.807, 2.05) is 24.0 Å². The van der Waals surface area contributed by atoms with Crippen LogP contribution in [0, 0.1) is 0 Å². The highest BCUT2D eigenvalue weighted by atomic mass is 79.9. The van der Waals surface area contributed by atoms with Gasteiger partial charge in [0, 0.05) is 23.6 Å². The first-order chi connectivity index (χ1) is 8.70. The number of nitrogens with zero attached hydrogens (tertiary/aromatic N) is 1. The minimum atomic E-state index is 0.218. The van der Waals surface area contributed by atoms with Crippen molar-refractivity contribution in [1.82, 2.24) is 10.2 Å². The summed E-state index contributed by atoms with van der Waals surface area (Å²) >= 11 is 3.44. The molecule has 1 amide bonds. The number of likely N-dealkylation sites (N-methyl/N-ethyl adjacent to an activating group) is 1. The number of nitrogens with one attached hydrogen (secondary N) is 1. The molecule has 1 aliphatic carbocycles. The van der Waals surface area contributed by atoms with Crippen molar-refractivity contribution < 1.29 is 4.79 Å². The zero-order valence-corrected chi connectivity index (χ0v) is 12.2. The van der Waals surface area contributed by atoms with Crippen LogP contribution in [0.5, 0.6) is 0 Å². The van der Waals surface area contributed by atoms with Crippen LogP contribution in [-0.4, -0.2) is 29.9 Å². The summed E-state index contributed by atoms with van der Waals surface area (Å²) in [7, 11) is 0. The zero-order valence-electron chi connectivity index (χ0n) is 10.7. The van der Waals surface area contributed by atoms with Crippen LogP contribution < -0.4 is 5.32 Å². The number of benzene rings is 1. The summed E-state index contributed by atoms with van der Waals surface area (Å²) in [6, 6.07) is 8.64. The molecule has 0 radical (unpaired) electrons. The van der Waals surface area contributed by atoms with Crippen molar-refractivity contribution in [3.05, 3.63) is 34.3 Å². The molecule has 1 N–H and O–H groups in total. The van der Waals surface area contributed by atoms with Crippen molar-refractivity contribution in [3.8, 4) is 0 Å². The van der Waals surface area contributed by atoms with Crippen LogP contribution in [0.15, 0.2) is 28.7 Å². The Bertz CT molecular complexity index is 418. The molecular formula is C14H19BrN2O. The van der Waals surface area contributed by atoms with Gasteiger partial charge in [0.2, 0.25) is 5.91 Å². The highest BCUT2D eigenvalue weighted by Gasteiger charge is 2.30. The molecule has 18 heavy (non-hydrogen) atoms. The minimum absolute atomic E-state index is 0.218. The first-order valence-corrected chi connectivity index (χ1v) is 7.24. The second kappa shape index (κ2) is 6.34. The summed E-state index contributed by atoms with van der Waals surface area (Å²) in [6.07, 6.45) is 2.34. The number of hydrogen-bond acceptors (Lipinski definition) is 2. The van der Waals surface area contributed by atoms with Gasteiger partial charge in [0.1, 0.15) is 0 Å². The maximum Gasteiger partial charge on any atom is 0.236 e. The summed E-state index contributed by atoms with van der Waals surface area (Å²) < 4.78 is 1.07. The van der Waals surface area contributed by atoms with E-state index in [1.54, 1.807) is 0 Å². The number of hydrogen-bond donors (Lipinski definition) is 1. The lowest BCUT2D eigenvalue weighted by Gasteiger charge is -2.20. The number of rotatable bonds is 6. The number of amides is 1. The monoisotopic (exact) mass is 310 g/mol. The molecule has 2 rings (SSSR count). The molecule has 4 heteroatoms. The highest BCUT2D eigenvalue weighted by Crippen LogP contribution is 2.26. The molecular weight excluding hydrogens is 292 g/mol. The SMILES string of the molecule is CCN(C(=O)CNCc1cccc(Br)c1)C1CC1. The van der Waals surface area contributed by atoms with Gasteiger partial charge in [-0.05, 0) is 37.5 Å². The van der Waals surface area contributed by atoms with Crippen molar-refractivity contribution in [2.45, 2.75) is 32.4 Å². The third-order valence-electron chi connectivity index (χ3n) is 3.14. The smallest absolute Gasteiger partial charge is 0.236 e. The molecule has 0 bridgehead atoms.